The SMILES string of the molecule is CCCCOC(=O)C1=C(C)N(C)C(=O)N[C@H]1c1ccccc1Cl. The smallest absolute Gasteiger partial charge is 0.338 e. The molecule has 2 rings (SSSR count). The van der Waals surface area contributed by atoms with Gasteiger partial charge in [0.15, 0.2) is 0 Å². The number of nitrogens with one attached hydrogen (secondary N) is 1. The van der Waals surface area contributed by atoms with Crippen molar-refractivity contribution >= 4 is 23.6 Å². The number of carbonyl (C=O) groups excluding carboxylic acids is 2. The summed E-state index contributed by atoms with van der Waals surface area (Å²) in [7, 11) is 1.62. The Morgan fingerprint density at radius 3 is 2.74 bits per heavy atom. The lowest BCUT2D eigenvalue weighted by Gasteiger charge is -2.33. The maximum Gasteiger partial charge on any atom is 0.338 e. The monoisotopic (exact) mass is 336 g/mol. The van der Waals surface area contributed by atoms with E-state index in [1.807, 2.05) is 13.0 Å². The number of hydrogen-bond donors (Lipinski definition) is 1. The van der Waals surface area contributed by atoms with E-state index in [1.54, 1.807) is 32.2 Å². The Labute approximate surface area is 141 Å². The minimum Gasteiger partial charge on any atom is -0.462 e. The van der Waals surface area contributed by atoms with Crippen molar-refractivity contribution in [2.24, 2.45) is 0 Å². The van der Waals surface area contributed by atoms with E-state index in [9.17, 15) is 9.59 Å². The number of halogens is 1. The van der Waals surface area contributed by atoms with E-state index < -0.39 is 12.0 Å². The standard InChI is InChI=1S/C17H21ClN2O3/c1-4-5-10-23-16(21)14-11(2)20(3)17(22)19-15(14)12-8-6-7-9-13(12)18/h6-9,15H,4-5,10H2,1-3H3,(H,19,22)/t15-/m0/s1. The Bertz CT molecular complexity index is 642. The number of allylic oxidation sites excluding steroid dienone is 1. The fourth-order valence-electron chi connectivity index (χ4n) is 2.43. The van der Waals surface area contributed by atoms with Crippen molar-refractivity contribution in [2.75, 3.05) is 13.7 Å². The van der Waals surface area contributed by atoms with Crippen LogP contribution in [0.5, 0.6) is 0 Å². The van der Waals surface area contributed by atoms with Gasteiger partial charge in [-0.1, -0.05) is 43.1 Å². The lowest BCUT2D eigenvalue weighted by Crippen LogP contribution is -2.46. The van der Waals surface area contributed by atoms with Crippen molar-refractivity contribution in [2.45, 2.75) is 32.7 Å². The van der Waals surface area contributed by atoms with Crippen molar-refractivity contribution in [3.05, 3.63) is 46.1 Å². The molecular formula is C17H21ClN2O3. The molecule has 1 aromatic rings. The summed E-state index contributed by atoms with van der Waals surface area (Å²) in [5, 5.41) is 3.31. The molecule has 1 N–H and O–H groups in total. The average molecular weight is 337 g/mol. The molecule has 0 spiro atoms. The van der Waals surface area contributed by atoms with E-state index in [0.717, 1.165) is 12.8 Å². The first kappa shape index (κ1) is 17.3. The number of hydrogen-bond acceptors (Lipinski definition) is 3. The fourth-order valence-corrected chi connectivity index (χ4v) is 2.67. The third-order valence-electron chi connectivity index (χ3n) is 3.92. The lowest BCUT2D eigenvalue weighted by atomic mass is 9.95. The number of carbonyl (C=O) groups is 2. The molecular weight excluding hydrogens is 316 g/mol. The Morgan fingerprint density at radius 2 is 2.09 bits per heavy atom. The highest BCUT2D eigenvalue weighted by molar-refractivity contribution is 6.31. The van der Waals surface area contributed by atoms with E-state index in [4.69, 9.17) is 16.3 Å². The van der Waals surface area contributed by atoms with Gasteiger partial charge in [-0.05, 0) is 25.0 Å². The number of amides is 2. The third kappa shape index (κ3) is 3.67. The molecule has 1 aromatic carbocycles. The summed E-state index contributed by atoms with van der Waals surface area (Å²) in [5.74, 6) is -0.423. The molecule has 5 nitrogen and oxygen atoms in total. The zero-order valence-corrected chi connectivity index (χ0v) is 14.3. The van der Waals surface area contributed by atoms with Crippen molar-refractivity contribution in [3.8, 4) is 0 Å². The summed E-state index contributed by atoms with van der Waals surface area (Å²) < 4.78 is 5.35. The van der Waals surface area contributed by atoms with E-state index in [0.29, 0.717) is 28.5 Å². The van der Waals surface area contributed by atoms with Crippen molar-refractivity contribution < 1.29 is 14.3 Å². The second kappa shape index (κ2) is 7.51. The molecule has 1 atom stereocenters. The highest BCUT2D eigenvalue weighted by Crippen LogP contribution is 2.34. The summed E-state index contributed by atoms with van der Waals surface area (Å²) in [6, 6.07) is 6.26. The van der Waals surface area contributed by atoms with E-state index in [1.165, 1.54) is 4.90 Å². The van der Waals surface area contributed by atoms with Gasteiger partial charge in [-0.3, -0.25) is 0 Å². The molecule has 0 radical (unpaired) electrons. The second-order valence-electron chi connectivity index (χ2n) is 5.45. The molecule has 0 aliphatic carbocycles. The Hall–Kier alpha value is -2.01. The van der Waals surface area contributed by atoms with Crippen LogP contribution in [0.1, 0.15) is 38.3 Å². The van der Waals surface area contributed by atoms with Gasteiger partial charge < -0.3 is 15.0 Å². The molecule has 0 unspecified atom stereocenters. The minimum atomic E-state index is -0.610. The van der Waals surface area contributed by atoms with Crippen LogP contribution in [0, 0.1) is 0 Å². The largest absolute Gasteiger partial charge is 0.462 e. The van der Waals surface area contributed by atoms with Crippen LogP contribution in [-0.4, -0.2) is 30.6 Å². The zero-order valence-electron chi connectivity index (χ0n) is 13.6. The van der Waals surface area contributed by atoms with Gasteiger partial charge >= 0.3 is 12.0 Å². The number of nitrogens with zero attached hydrogens (tertiary/aromatic N) is 1. The van der Waals surface area contributed by atoms with Gasteiger partial charge in [-0.15, -0.1) is 0 Å². The number of rotatable bonds is 5. The summed E-state index contributed by atoms with van der Waals surface area (Å²) in [6.45, 7) is 4.12. The topological polar surface area (TPSA) is 58.6 Å². The van der Waals surface area contributed by atoms with Crippen molar-refractivity contribution in [3.63, 3.8) is 0 Å². The molecule has 23 heavy (non-hydrogen) atoms. The van der Waals surface area contributed by atoms with Gasteiger partial charge in [0.05, 0.1) is 18.2 Å². The summed E-state index contributed by atoms with van der Waals surface area (Å²) in [6.07, 6.45) is 1.74. The highest BCUT2D eigenvalue weighted by atomic mass is 35.5. The van der Waals surface area contributed by atoms with Gasteiger partial charge in [-0.2, -0.15) is 0 Å². The van der Waals surface area contributed by atoms with Gasteiger partial charge in [0.2, 0.25) is 0 Å². The van der Waals surface area contributed by atoms with Crippen LogP contribution < -0.4 is 5.32 Å². The molecule has 0 bridgehead atoms. The van der Waals surface area contributed by atoms with Crippen LogP contribution in [0.25, 0.3) is 0 Å². The predicted molar refractivity (Wildman–Crippen MR) is 89.1 cm³/mol. The molecule has 0 aromatic heterocycles. The minimum absolute atomic E-state index is 0.280. The first-order valence-corrected chi connectivity index (χ1v) is 8.01. The van der Waals surface area contributed by atoms with Gasteiger partial charge in [-0.25, -0.2) is 9.59 Å². The Kier molecular flexibility index (Phi) is 5.66. The highest BCUT2D eigenvalue weighted by Gasteiger charge is 2.35. The summed E-state index contributed by atoms with van der Waals surface area (Å²) >= 11 is 6.25. The second-order valence-corrected chi connectivity index (χ2v) is 5.86. The maximum absolute atomic E-state index is 12.5. The van der Waals surface area contributed by atoms with E-state index >= 15 is 0 Å². The van der Waals surface area contributed by atoms with Crippen LogP contribution in [-0.2, 0) is 9.53 Å². The van der Waals surface area contributed by atoms with Crippen LogP contribution in [0.2, 0.25) is 5.02 Å². The van der Waals surface area contributed by atoms with Gasteiger partial charge in [0, 0.05) is 17.8 Å². The summed E-state index contributed by atoms with van der Waals surface area (Å²) in [4.78, 5) is 26.0. The van der Waals surface area contributed by atoms with Crippen molar-refractivity contribution in [1.82, 2.24) is 10.2 Å². The first-order valence-electron chi connectivity index (χ1n) is 7.63. The molecule has 0 saturated carbocycles. The molecule has 6 heteroatoms. The zero-order chi connectivity index (χ0) is 17.0. The number of ether oxygens (including phenoxy) is 1. The van der Waals surface area contributed by atoms with Crippen LogP contribution >= 0.6 is 11.6 Å². The quantitative estimate of drug-likeness (QED) is 0.659. The fraction of sp³-hybridized carbons (Fsp3) is 0.412. The molecule has 1 aliphatic heterocycles. The van der Waals surface area contributed by atoms with E-state index in [-0.39, 0.29) is 6.03 Å². The van der Waals surface area contributed by atoms with Crippen LogP contribution in [0.4, 0.5) is 4.79 Å². The summed E-state index contributed by atoms with van der Waals surface area (Å²) in [5.41, 5.74) is 1.66. The maximum atomic E-state index is 12.5. The van der Waals surface area contributed by atoms with Crippen LogP contribution in [0.15, 0.2) is 35.5 Å². The normalized spacial score (nSPS) is 18.0. The first-order chi connectivity index (χ1) is 11.0. The van der Waals surface area contributed by atoms with Crippen molar-refractivity contribution in [1.29, 1.82) is 0 Å². The molecule has 1 heterocycles. The van der Waals surface area contributed by atoms with Crippen LogP contribution in [0.3, 0.4) is 0 Å². The third-order valence-corrected chi connectivity index (χ3v) is 4.27. The van der Waals surface area contributed by atoms with E-state index in [2.05, 4.69) is 5.32 Å². The number of esters is 1. The molecule has 124 valence electrons. The van der Waals surface area contributed by atoms with Gasteiger partial charge in [0.1, 0.15) is 0 Å². The van der Waals surface area contributed by atoms with Gasteiger partial charge in [0.25, 0.3) is 0 Å². The number of benzene rings is 1. The Balaban J connectivity index is 2.40. The molecule has 0 fully saturated rings. The predicted octanol–water partition coefficient (Wildman–Crippen LogP) is 3.65. The Morgan fingerprint density at radius 1 is 1.39 bits per heavy atom. The molecule has 1 aliphatic rings. The average Bonchev–Trinajstić information content (AvgIpc) is 2.53. The number of unbranched alkanes of at least 4 members (excludes halogenated alkanes) is 1. The molecule has 0 saturated heterocycles. The lowest BCUT2D eigenvalue weighted by molar-refractivity contribution is -0.139. The number of urea groups is 1. The molecule has 2 amide bonds.